The van der Waals surface area contributed by atoms with Crippen LogP contribution in [0.2, 0.25) is 10.0 Å². The molecule has 12 heteroatoms. The zero-order chi connectivity index (χ0) is 22.8. The van der Waals surface area contributed by atoms with Gasteiger partial charge in [0, 0.05) is 41.0 Å². The number of hydrogen-bond acceptors (Lipinski definition) is 8. The molecule has 33 heavy (non-hydrogen) atoms. The molecule has 0 saturated heterocycles. The monoisotopic (exact) mass is 482 g/mol. The van der Waals surface area contributed by atoms with E-state index in [-0.39, 0.29) is 6.29 Å². The lowest BCUT2D eigenvalue weighted by Gasteiger charge is -2.28. The van der Waals surface area contributed by atoms with Crippen LogP contribution in [-0.2, 0) is 0 Å². The summed E-state index contributed by atoms with van der Waals surface area (Å²) in [4.78, 5) is 29.9. The van der Waals surface area contributed by atoms with Gasteiger partial charge in [0.15, 0.2) is 0 Å². The summed E-state index contributed by atoms with van der Waals surface area (Å²) in [5, 5.41) is 6.17. The number of fused-ring (bicyclic) bond motifs is 1. The van der Waals surface area contributed by atoms with Crippen molar-refractivity contribution in [2.45, 2.75) is 19.6 Å². The van der Waals surface area contributed by atoms with Crippen molar-refractivity contribution in [3.63, 3.8) is 0 Å². The fourth-order valence-corrected chi connectivity index (χ4v) is 4.09. The predicted octanol–water partition coefficient (Wildman–Crippen LogP) is 3.65. The molecule has 4 heterocycles. The standard InChI is InChI=1S/C21H20Cl2N10/c1-12-6-18(33-21(31-12)29-11-30-33)25-4-5-26-20-27-8-15(17-9-24-10-28-17)19(32-20)14-3-2-13(22)7-16(14)23/h2-3,7-11,21H,4-6H2,1H3,(H,24,28)(H,29,30)(H,26,27,32). The van der Waals surface area contributed by atoms with E-state index in [1.807, 2.05) is 18.0 Å². The Morgan fingerprint density at radius 2 is 2.15 bits per heavy atom. The Bertz CT molecular complexity index is 1250. The number of hydrogen-bond donors (Lipinski definition) is 3. The Morgan fingerprint density at radius 1 is 1.24 bits per heavy atom. The Balaban J connectivity index is 1.34. The molecular weight excluding hydrogens is 463 g/mol. The number of nitrogens with one attached hydrogen (secondary N) is 3. The lowest BCUT2D eigenvalue weighted by atomic mass is 10.1. The van der Waals surface area contributed by atoms with Crippen LogP contribution in [-0.4, -0.2) is 62.2 Å². The highest BCUT2D eigenvalue weighted by molar-refractivity contribution is 6.36. The first-order valence-electron chi connectivity index (χ1n) is 10.3. The van der Waals surface area contributed by atoms with Gasteiger partial charge in [0.05, 0.1) is 35.5 Å². The topological polar surface area (TPSA) is 119 Å². The van der Waals surface area contributed by atoms with Gasteiger partial charge in [-0.15, -0.1) is 0 Å². The second-order valence-electron chi connectivity index (χ2n) is 7.43. The van der Waals surface area contributed by atoms with E-state index >= 15 is 0 Å². The molecule has 0 saturated carbocycles. The highest BCUT2D eigenvalue weighted by Gasteiger charge is 2.28. The Labute approximate surface area is 199 Å². The van der Waals surface area contributed by atoms with Gasteiger partial charge >= 0.3 is 0 Å². The van der Waals surface area contributed by atoms with Crippen molar-refractivity contribution >= 4 is 47.0 Å². The molecule has 5 rings (SSSR count). The highest BCUT2D eigenvalue weighted by atomic mass is 35.5. The van der Waals surface area contributed by atoms with Crippen LogP contribution in [0.1, 0.15) is 13.3 Å². The first-order chi connectivity index (χ1) is 16.1. The van der Waals surface area contributed by atoms with Crippen LogP contribution in [0.15, 0.2) is 51.9 Å². The number of nitrogens with zero attached hydrogens (tertiary/aromatic N) is 7. The van der Waals surface area contributed by atoms with Crippen LogP contribution >= 0.6 is 23.2 Å². The van der Waals surface area contributed by atoms with Crippen LogP contribution in [0.25, 0.3) is 22.5 Å². The lowest BCUT2D eigenvalue weighted by molar-refractivity contribution is 0.312. The van der Waals surface area contributed by atoms with E-state index in [4.69, 9.17) is 33.2 Å². The number of H-pyrrole nitrogens is 1. The van der Waals surface area contributed by atoms with Gasteiger partial charge in [-0.3, -0.25) is 10.4 Å². The number of benzene rings is 1. The van der Waals surface area contributed by atoms with Crippen molar-refractivity contribution in [3.05, 3.63) is 47.0 Å². The largest absolute Gasteiger partial charge is 0.352 e. The molecule has 0 spiro atoms. The smallest absolute Gasteiger partial charge is 0.236 e. The number of aromatic nitrogens is 4. The molecule has 0 bridgehead atoms. The van der Waals surface area contributed by atoms with Crippen LogP contribution in [0.3, 0.4) is 0 Å². The summed E-state index contributed by atoms with van der Waals surface area (Å²) in [6.45, 7) is 3.07. The van der Waals surface area contributed by atoms with E-state index in [9.17, 15) is 0 Å². The molecule has 0 fully saturated rings. The molecule has 2 aliphatic rings. The van der Waals surface area contributed by atoms with Crippen molar-refractivity contribution in [1.29, 1.82) is 0 Å². The third kappa shape index (κ3) is 4.53. The minimum atomic E-state index is -0.268. The SMILES string of the molecule is CC1=NC2N=CNN2C(=NCCNc2ncc(-c3cnc[nH]3)c(-c3ccc(Cl)cc3Cl)n2)C1. The van der Waals surface area contributed by atoms with Crippen LogP contribution in [0.5, 0.6) is 0 Å². The lowest BCUT2D eigenvalue weighted by Crippen LogP contribution is -2.46. The zero-order valence-corrected chi connectivity index (χ0v) is 19.1. The van der Waals surface area contributed by atoms with Crippen molar-refractivity contribution in [1.82, 2.24) is 30.4 Å². The number of anilines is 1. The number of halogens is 2. The highest BCUT2D eigenvalue weighted by Crippen LogP contribution is 2.35. The minimum Gasteiger partial charge on any atom is -0.352 e. The molecule has 1 unspecified atom stereocenters. The summed E-state index contributed by atoms with van der Waals surface area (Å²) < 4.78 is 0. The van der Waals surface area contributed by atoms with E-state index in [2.05, 4.69) is 35.7 Å². The van der Waals surface area contributed by atoms with Crippen molar-refractivity contribution < 1.29 is 0 Å². The number of amidine groups is 1. The molecule has 1 aromatic carbocycles. The Hall–Kier alpha value is -3.50. The Kier molecular flexibility index (Phi) is 5.93. The van der Waals surface area contributed by atoms with Gasteiger partial charge in [-0.05, 0) is 25.1 Å². The third-order valence-corrected chi connectivity index (χ3v) is 5.66. The second-order valence-corrected chi connectivity index (χ2v) is 8.28. The van der Waals surface area contributed by atoms with Crippen LogP contribution < -0.4 is 10.7 Å². The number of aliphatic imine (C=N–C) groups is 3. The van der Waals surface area contributed by atoms with E-state index in [0.29, 0.717) is 41.2 Å². The first kappa shape index (κ1) is 21.4. The normalized spacial score (nSPS) is 18.3. The van der Waals surface area contributed by atoms with E-state index in [1.54, 1.807) is 37.2 Å². The quantitative estimate of drug-likeness (QED) is 0.461. The maximum absolute atomic E-state index is 6.48. The van der Waals surface area contributed by atoms with Crippen molar-refractivity contribution in [3.8, 4) is 22.5 Å². The maximum atomic E-state index is 6.48. The number of rotatable bonds is 6. The van der Waals surface area contributed by atoms with E-state index < -0.39 is 0 Å². The average molecular weight is 483 g/mol. The molecule has 2 aromatic heterocycles. The van der Waals surface area contributed by atoms with Crippen molar-refractivity contribution in [2.24, 2.45) is 15.0 Å². The summed E-state index contributed by atoms with van der Waals surface area (Å²) in [5.74, 6) is 1.37. The maximum Gasteiger partial charge on any atom is 0.236 e. The van der Waals surface area contributed by atoms with Crippen molar-refractivity contribution in [2.75, 3.05) is 18.4 Å². The summed E-state index contributed by atoms with van der Waals surface area (Å²) in [6.07, 6.45) is 7.12. The van der Waals surface area contributed by atoms with Gasteiger partial charge in [-0.1, -0.05) is 23.2 Å². The van der Waals surface area contributed by atoms with Gasteiger partial charge in [0.25, 0.3) is 0 Å². The molecular formula is C21H20Cl2N10. The van der Waals surface area contributed by atoms with Gasteiger partial charge in [0.2, 0.25) is 12.2 Å². The molecule has 2 aliphatic heterocycles. The molecule has 10 nitrogen and oxygen atoms in total. The molecule has 3 aromatic rings. The number of aromatic amines is 1. The molecule has 0 radical (unpaired) electrons. The fourth-order valence-electron chi connectivity index (χ4n) is 3.59. The van der Waals surface area contributed by atoms with E-state index in [1.165, 1.54) is 0 Å². The molecule has 3 N–H and O–H groups in total. The molecule has 0 aliphatic carbocycles. The second kappa shape index (κ2) is 9.16. The van der Waals surface area contributed by atoms with Gasteiger partial charge in [-0.2, -0.15) is 0 Å². The summed E-state index contributed by atoms with van der Waals surface area (Å²) in [6, 6.07) is 5.32. The Morgan fingerprint density at radius 3 is 2.97 bits per heavy atom. The molecule has 0 amide bonds. The summed E-state index contributed by atoms with van der Waals surface area (Å²) in [7, 11) is 0. The minimum absolute atomic E-state index is 0.268. The summed E-state index contributed by atoms with van der Waals surface area (Å²) >= 11 is 12.6. The number of hydrazine groups is 1. The number of imidazole rings is 1. The van der Waals surface area contributed by atoms with Gasteiger partial charge in [-0.25, -0.2) is 29.9 Å². The first-order valence-corrected chi connectivity index (χ1v) is 11.0. The fraction of sp³-hybridized carbons (Fsp3) is 0.238. The third-order valence-electron chi connectivity index (χ3n) is 5.12. The van der Waals surface area contributed by atoms with Crippen LogP contribution in [0, 0.1) is 0 Å². The van der Waals surface area contributed by atoms with Gasteiger partial charge in [0.1, 0.15) is 12.2 Å². The van der Waals surface area contributed by atoms with E-state index in [0.717, 1.165) is 28.4 Å². The van der Waals surface area contributed by atoms with Crippen LogP contribution in [0.4, 0.5) is 5.95 Å². The zero-order valence-electron chi connectivity index (χ0n) is 17.6. The van der Waals surface area contributed by atoms with Gasteiger partial charge < -0.3 is 10.3 Å². The molecule has 1 atom stereocenters. The predicted molar refractivity (Wildman–Crippen MR) is 131 cm³/mol. The summed E-state index contributed by atoms with van der Waals surface area (Å²) in [5.41, 5.74) is 7.07. The average Bonchev–Trinajstić information content (AvgIpc) is 3.49. The molecule has 168 valence electrons.